The molecule has 0 aromatic heterocycles. The standard InChI is InChI=1S/C22H29N3OS/c1-15(16-7-11-18(12-8-16)22(2,3)4)23-21(27)24-19-13-9-17(10-14-19)20(26)25(5)6/h7-15H,1-6H3,(H2,23,24,27)/t15-/m1/s1. The molecule has 0 bridgehead atoms. The lowest BCUT2D eigenvalue weighted by atomic mass is 9.86. The zero-order chi connectivity index (χ0) is 20.2. The Balaban J connectivity index is 1.96. The number of thiocarbonyl (C=S) groups is 1. The normalized spacial score (nSPS) is 12.2. The molecule has 0 saturated heterocycles. The van der Waals surface area contributed by atoms with Crippen molar-refractivity contribution >= 4 is 28.9 Å². The highest BCUT2D eigenvalue weighted by atomic mass is 32.1. The molecule has 2 aromatic rings. The number of hydrogen-bond acceptors (Lipinski definition) is 2. The molecule has 0 saturated carbocycles. The number of nitrogens with one attached hydrogen (secondary N) is 2. The summed E-state index contributed by atoms with van der Waals surface area (Å²) in [5, 5.41) is 7.02. The van der Waals surface area contributed by atoms with Crippen LogP contribution in [0.4, 0.5) is 5.69 Å². The zero-order valence-corrected chi connectivity index (χ0v) is 17.8. The smallest absolute Gasteiger partial charge is 0.253 e. The van der Waals surface area contributed by atoms with E-state index in [2.05, 4.69) is 62.6 Å². The number of carbonyl (C=O) groups is 1. The summed E-state index contributed by atoms with van der Waals surface area (Å²) in [6.07, 6.45) is 0. The average molecular weight is 384 g/mol. The summed E-state index contributed by atoms with van der Waals surface area (Å²) in [7, 11) is 3.48. The fraction of sp³-hybridized carbons (Fsp3) is 0.364. The van der Waals surface area contributed by atoms with Crippen molar-refractivity contribution in [3.63, 3.8) is 0 Å². The van der Waals surface area contributed by atoms with Crippen molar-refractivity contribution in [1.82, 2.24) is 10.2 Å². The third-order valence-corrected chi connectivity index (χ3v) is 4.64. The maximum atomic E-state index is 11.9. The molecule has 0 aliphatic heterocycles. The molecule has 2 N–H and O–H groups in total. The summed E-state index contributed by atoms with van der Waals surface area (Å²) in [6, 6.07) is 16.0. The first kappa shape index (κ1) is 20.9. The minimum absolute atomic E-state index is 0.0189. The van der Waals surface area contributed by atoms with Crippen LogP contribution in [0.1, 0.15) is 55.2 Å². The predicted molar refractivity (Wildman–Crippen MR) is 117 cm³/mol. The van der Waals surface area contributed by atoms with Crippen molar-refractivity contribution in [3.05, 3.63) is 65.2 Å². The lowest BCUT2D eigenvalue weighted by Gasteiger charge is -2.21. The lowest BCUT2D eigenvalue weighted by Crippen LogP contribution is -2.31. The molecule has 1 amide bonds. The Morgan fingerprint density at radius 3 is 2.04 bits per heavy atom. The van der Waals surface area contributed by atoms with Gasteiger partial charge in [0.1, 0.15) is 0 Å². The second kappa shape index (κ2) is 8.53. The van der Waals surface area contributed by atoms with Gasteiger partial charge in [-0.15, -0.1) is 0 Å². The SMILES string of the molecule is C[C@@H](NC(=S)Nc1ccc(C(=O)N(C)C)cc1)c1ccc(C(C)(C)C)cc1. The Bertz CT molecular complexity index is 790. The molecule has 2 aromatic carbocycles. The topological polar surface area (TPSA) is 44.4 Å². The number of hydrogen-bond donors (Lipinski definition) is 2. The van der Waals surface area contributed by atoms with E-state index in [4.69, 9.17) is 12.2 Å². The highest BCUT2D eigenvalue weighted by molar-refractivity contribution is 7.80. The molecule has 0 heterocycles. The van der Waals surface area contributed by atoms with Gasteiger partial charge in [0.25, 0.3) is 5.91 Å². The van der Waals surface area contributed by atoms with Crippen molar-refractivity contribution in [2.75, 3.05) is 19.4 Å². The fourth-order valence-corrected chi connectivity index (χ4v) is 2.97. The average Bonchev–Trinajstić information content (AvgIpc) is 2.61. The summed E-state index contributed by atoms with van der Waals surface area (Å²) in [4.78, 5) is 13.5. The first-order valence-corrected chi connectivity index (χ1v) is 9.48. The fourth-order valence-electron chi connectivity index (χ4n) is 2.67. The molecule has 27 heavy (non-hydrogen) atoms. The first-order valence-electron chi connectivity index (χ1n) is 9.07. The monoisotopic (exact) mass is 383 g/mol. The largest absolute Gasteiger partial charge is 0.356 e. The molecule has 0 spiro atoms. The van der Waals surface area contributed by atoms with E-state index >= 15 is 0 Å². The molecular formula is C22H29N3OS. The number of rotatable bonds is 4. The maximum absolute atomic E-state index is 11.9. The van der Waals surface area contributed by atoms with E-state index in [1.165, 1.54) is 11.1 Å². The number of benzene rings is 2. The molecule has 4 nitrogen and oxygen atoms in total. The van der Waals surface area contributed by atoms with Gasteiger partial charge in [0.2, 0.25) is 0 Å². The summed E-state index contributed by atoms with van der Waals surface area (Å²) >= 11 is 5.43. The molecule has 0 fully saturated rings. The molecule has 0 aliphatic carbocycles. The van der Waals surface area contributed by atoms with E-state index in [-0.39, 0.29) is 17.4 Å². The molecule has 0 unspecified atom stereocenters. The third-order valence-electron chi connectivity index (χ3n) is 4.42. The summed E-state index contributed by atoms with van der Waals surface area (Å²) in [5.74, 6) is -0.0189. The van der Waals surface area contributed by atoms with Gasteiger partial charge in [-0.3, -0.25) is 4.79 Å². The maximum Gasteiger partial charge on any atom is 0.253 e. The molecule has 0 aliphatic rings. The molecule has 5 heteroatoms. The van der Waals surface area contributed by atoms with Crippen LogP contribution in [-0.2, 0) is 5.41 Å². The minimum atomic E-state index is -0.0189. The van der Waals surface area contributed by atoms with E-state index < -0.39 is 0 Å². The van der Waals surface area contributed by atoms with Crippen LogP contribution in [0.15, 0.2) is 48.5 Å². The van der Waals surface area contributed by atoms with Crippen LogP contribution in [0.25, 0.3) is 0 Å². The second-order valence-corrected chi connectivity index (χ2v) is 8.38. The number of anilines is 1. The van der Waals surface area contributed by atoms with Gasteiger partial charge in [-0.2, -0.15) is 0 Å². The Kier molecular flexibility index (Phi) is 6.60. The Morgan fingerprint density at radius 2 is 1.56 bits per heavy atom. The van der Waals surface area contributed by atoms with Crippen molar-refractivity contribution in [2.24, 2.45) is 0 Å². The molecule has 144 valence electrons. The lowest BCUT2D eigenvalue weighted by molar-refractivity contribution is 0.0827. The van der Waals surface area contributed by atoms with Crippen molar-refractivity contribution < 1.29 is 4.79 Å². The van der Waals surface area contributed by atoms with Gasteiger partial charge in [0.05, 0.1) is 6.04 Å². The van der Waals surface area contributed by atoms with Gasteiger partial charge in [-0.1, -0.05) is 45.0 Å². The third kappa shape index (κ3) is 5.79. The Labute approximate surface area is 168 Å². The van der Waals surface area contributed by atoms with Gasteiger partial charge >= 0.3 is 0 Å². The van der Waals surface area contributed by atoms with Crippen molar-refractivity contribution in [1.29, 1.82) is 0 Å². The van der Waals surface area contributed by atoms with Gasteiger partial charge in [0, 0.05) is 25.3 Å². The van der Waals surface area contributed by atoms with E-state index in [0.717, 1.165) is 5.69 Å². The van der Waals surface area contributed by atoms with Crippen LogP contribution in [0.3, 0.4) is 0 Å². The van der Waals surface area contributed by atoms with Crippen molar-refractivity contribution in [2.45, 2.75) is 39.2 Å². The van der Waals surface area contributed by atoms with Crippen molar-refractivity contribution in [3.8, 4) is 0 Å². The Morgan fingerprint density at radius 1 is 1.00 bits per heavy atom. The van der Waals surface area contributed by atoms with Gasteiger partial charge < -0.3 is 15.5 Å². The van der Waals surface area contributed by atoms with Gasteiger partial charge in [-0.05, 0) is 59.9 Å². The van der Waals surface area contributed by atoms with E-state index in [1.54, 1.807) is 31.1 Å². The molecule has 1 atom stereocenters. The van der Waals surface area contributed by atoms with Crippen LogP contribution in [0, 0.1) is 0 Å². The van der Waals surface area contributed by atoms with Crippen LogP contribution in [0.5, 0.6) is 0 Å². The van der Waals surface area contributed by atoms with E-state index in [1.807, 2.05) is 12.1 Å². The van der Waals surface area contributed by atoms with Gasteiger partial charge in [0.15, 0.2) is 5.11 Å². The summed E-state index contributed by atoms with van der Waals surface area (Å²) in [5.41, 5.74) is 4.13. The molecular weight excluding hydrogens is 354 g/mol. The molecule has 2 rings (SSSR count). The predicted octanol–water partition coefficient (Wildman–Crippen LogP) is 4.73. The van der Waals surface area contributed by atoms with Crippen LogP contribution in [-0.4, -0.2) is 30.0 Å². The molecule has 0 radical (unpaired) electrons. The number of carbonyl (C=O) groups excluding carboxylic acids is 1. The van der Waals surface area contributed by atoms with Gasteiger partial charge in [-0.25, -0.2) is 0 Å². The number of nitrogens with zero attached hydrogens (tertiary/aromatic N) is 1. The summed E-state index contributed by atoms with van der Waals surface area (Å²) in [6.45, 7) is 8.71. The number of amides is 1. The minimum Gasteiger partial charge on any atom is -0.356 e. The van der Waals surface area contributed by atoms with Crippen LogP contribution >= 0.6 is 12.2 Å². The van der Waals surface area contributed by atoms with E-state index in [9.17, 15) is 4.79 Å². The summed E-state index contributed by atoms with van der Waals surface area (Å²) < 4.78 is 0. The quantitative estimate of drug-likeness (QED) is 0.749. The van der Waals surface area contributed by atoms with Crippen LogP contribution < -0.4 is 10.6 Å². The Hall–Kier alpha value is -2.40. The zero-order valence-electron chi connectivity index (χ0n) is 17.0. The second-order valence-electron chi connectivity index (χ2n) is 7.97. The first-order chi connectivity index (χ1) is 12.6. The van der Waals surface area contributed by atoms with Crippen LogP contribution in [0.2, 0.25) is 0 Å². The highest BCUT2D eigenvalue weighted by Gasteiger charge is 2.14. The highest BCUT2D eigenvalue weighted by Crippen LogP contribution is 2.24. The van der Waals surface area contributed by atoms with E-state index in [0.29, 0.717) is 10.7 Å².